The van der Waals surface area contributed by atoms with Crippen molar-refractivity contribution >= 4 is 18.6 Å². The first kappa shape index (κ1) is 10.4. The molecule has 8 heavy (non-hydrogen) atoms. The molecule has 0 aliphatic rings. The van der Waals surface area contributed by atoms with Gasteiger partial charge >= 0.3 is 0 Å². The van der Waals surface area contributed by atoms with E-state index in [1.807, 2.05) is 6.07 Å². The quantitative estimate of drug-likeness (QED) is 0.570. The Balaban J connectivity index is 0. The standard InChI is InChI=1S/C5H8N2.ClH/c1-5(4-7)2-3-6;/h3,5-6H,2H2,1H3;1H/t5-;/m1./s1. The molecule has 0 aromatic carbocycles. The number of nitriles is 1. The largest absolute Gasteiger partial charge is 0.313 e. The maximum atomic E-state index is 8.11. The number of hydrogen-bond acceptors (Lipinski definition) is 2. The van der Waals surface area contributed by atoms with Crippen molar-refractivity contribution in [3.05, 3.63) is 0 Å². The van der Waals surface area contributed by atoms with Crippen LogP contribution in [-0.4, -0.2) is 6.21 Å². The highest BCUT2D eigenvalue weighted by atomic mass is 35.5. The van der Waals surface area contributed by atoms with Gasteiger partial charge in [-0.25, -0.2) is 0 Å². The maximum Gasteiger partial charge on any atom is 0.0656 e. The van der Waals surface area contributed by atoms with Crippen LogP contribution >= 0.6 is 12.4 Å². The first-order chi connectivity index (χ1) is 3.31. The van der Waals surface area contributed by atoms with Crippen LogP contribution < -0.4 is 0 Å². The van der Waals surface area contributed by atoms with Gasteiger partial charge in [-0.05, 0) is 19.6 Å². The van der Waals surface area contributed by atoms with Gasteiger partial charge in [0.15, 0.2) is 0 Å². The molecule has 0 aliphatic heterocycles. The smallest absolute Gasteiger partial charge is 0.0656 e. The van der Waals surface area contributed by atoms with E-state index in [2.05, 4.69) is 0 Å². The molecule has 1 atom stereocenters. The van der Waals surface area contributed by atoms with E-state index in [0.29, 0.717) is 6.42 Å². The first-order valence-corrected chi connectivity index (χ1v) is 2.19. The van der Waals surface area contributed by atoms with Crippen LogP contribution in [0.15, 0.2) is 0 Å². The molecule has 0 amide bonds. The summed E-state index contributed by atoms with van der Waals surface area (Å²) < 4.78 is 0. The first-order valence-electron chi connectivity index (χ1n) is 2.19. The topological polar surface area (TPSA) is 47.6 Å². The normalized spacial score (nSPS) is 10.5. The van der Waals surface area contributed by atoms with Gasteiger partial charge in [0.05, 0.1) is 6.07 Å². The van der Waals surface area contributed by atoms with Crippen molar-refractivity contribution in [1.82, 2.24) is 0 Å². The Morgan fingerprint density at radius 1 is 1.88 bits per heavy atom. The van der Waals surface area contributed by atoms with Crippen molar-refractivity contribution in [2.24, 2.45) is 5.92 Å². The second-order valence-corrected chi connectivity index (χ2v) is 1.47. The van der Waals surface area contributed by atoms with E-state index in [1.54, 1.807) is 6.92 Å². The van der Waals surface area contributed by atoms with Gasteiger partial charge in [0.1, 0.15) is 0 Å². The van der Waals surface area contributed by atoms with Crippen molar-refractivity contribution < 1.29 is 0 Å². The Labute approximate surface area is 55.4 Å². The highest BCUT2D eigenvalue weighted by Gasteiger charge is 1.91. The van der Waals surface area contributed by atoms with Crippen molar-refractivity contribution in [3.63, 3.8) is 0 Å². The van der Waals surface area contributed by atoms with E-state index >= 15 is 0 Å². The van der Waals surface area contributed by atoms with Crippen LogP contribution in [0.3, 0.4) is 0 Å². The zero-order chi connectivity index (χ0) is 5.70. The van der Waals surface area contributed by atoms with Crippen molar-refractivity contribution in [3.8, 4) is 6.07 Å². The Morgan fingerprint density at radius 3 is 2.50 bits per heavy atom. The molecule has 3 heteroatoms. The van der Waals surface area contributed by atoms with Crippen molar-refractivity contribution in [2.45, 2.75) is 13.3 Å². The number of halogens is 1. The monoisotopic (exact) mass is 132 g/mol. The average molecular weight is 133 g/mol. The van der Waals surface area contributed by atoms with Crippen LogP contribution in [0, 0.1) is 22.7 Å². The lowest BCUT2D eigenvalue weighted by Crippen LogP contribution is -1.87. The average Bonchev–Trinajstić information content (AvgIpc) is 1.68. The second kappa shape index (κ2) is 6.45. The fourth-order valence-electron chi connectivity index (χ4n) is 0.229. The third kappa shape index (κ3) is 5.45. The molecule has 0 aromatic rings. The molecule has 0 aromatic heterocycles. The molecule has 0 aliphatic carbocycles. The van der Waals surface area contributed by atoms with E-state index in [9.17, 15) is 0 Å². The summed E-state index contributed by atoms with van der Waals surface area (Å²) in [5.41, 5.74) is 0. The van der Waals surface area contributed by atoms with Gasteiger partial charge < -0.3 is 5.41 Å². The fourth-order valence-corrected chi connectivity index (χ4v) is 0.229. The van der Waals surface area contributed by atoms with E-state index in [-0.39, 0.29) is 18.3 Å². The Hall–Kier alpha value is -0.550. The Morgan fingerprint density at radius 2 is 2.38 bits per heavy atom. The Bertz CT molecular complexity index is 95.1. The van der Waals surface area contributed by atoms with Gasteiger partial charge in [-0.3, -0.25) is 0 Å². The summed E-state index contributed by atoms with van der Waals surface area (Å²) in [6, 6.07) is 2.01. The number of nitrogens with one attached hydrogen (secondary N) is 1. The minimum Gasteiger partial charge on any atom is -0.313 e. The summed E-state index contributed by atoms with van der Waals surface area (Å²) in [7, 11) is 0. The van der Waals surface area contributed by atoms with Crippen LogP contribution in [0.5, 0.6) is 0 Å². The van der Waals surface area contributed by atoms with Gasteiger partial charge in [0.25, 0.3) is 0 Å². The summed E-state index contributed by atoms with van der Waals surface area (Å²) in [6.45, 7) is 1.80. The predicted molar refractivity (Wildman–Crippen MR) is 35.4 cm³/mol. The van der Waals surface area contributed by atoms with Gasteiger partial charge in [0, 0.05) is 5.92 Å². The molecule has 0 saturated heterocycles. The zero-order valence-electron chi connectivity index (χ0n) is 4.72. The van der Waals surface area contributed by atoms with Crippen LogP contribution in [0.25, 0.3) is 0 Å². The summed E-state index contributed by atoms with van der Waals surface area (Å²) in [5.74, 6) is 0.0116. The summed E-state index contributed by atoms with van der Waals surface area (Å²) in [5, 5.41) is 14.7. The van der Waals surface area contributed by atoms with Gasteiger partial charge in [-0.2, -0.15) is 5.26 Å². The predicted octanol–water partition coefficient (Wildman–Crippen LogP) is 1.61. The van der Waals surface area contributed by atoms with Crippen LogP contribution in [0.1, 0.15) is 13.3 Å². The number of nitrogens with zero attached hydrogens (tertiary/aromatic N) is 1. The van der Waals surface area contributed by atoms with Gasteiger partial charge in [0.2, 0.25) is 0 Å². The molecular formula is C5H9ClN2. The van der Waals surface area contributed by atoms with Crippen LogP contribution in [-0.2, 0) is 0 Å². The van der Waals surface area contributed by atoms with E-state index in [0.717, 1.165) is 0 Å². The molecule has 46 valence electrons. The highest BCUT2D eigenvalue weighted by molar-refractivity contribution is 5.85. The van der Waals surface area contributed by atoms with Gasteiger partial charge in [-0.15, -0.1) is 12.4 Å². The second-order valence-electron chi connectivity index (χ2n) is 1.47. The lowest BCUT2D eigenvalue weighted by molar-refractivity contribution is 0.792. The molecule has 0 heterocycles. The molecule has 0 spiro atoms. The maximum absolute atomic E-state index is 8.11. The van der Waals surface area contributed by atoms with E-state index in [1.165, 1.54) is 6.21 Å². The lowest BCUT2D eigenvalue weighted by atomic mass is 10.1. The molecule has 0 unspecified atom stereocenters. The molecule has 0 saturated carbocycles. The molecular weight excluding hydrogens is 124 g/mol. The number of hydrogen-bond donors (Lipinski definition) is 1. The molecule has 0 bridgehead atoms. The van der Waals surface area contributed by atoms with Gasteiger partial charge in [-0.1, -0.05) is 0 Å². The summed E-state index contributed by atoms with van der Waals surface area (Å²) in [4.78, 5) is 0. The molecule has 1 N–H and O–H groups in total. The Kier molecular flexibility index (Phi) is 8.41. The summed E-state index contributed by atoms with van der Waals surface area (Å²) in [6.07, 6.45) is 1.84. The molecule has 2 nitrogen and oxygen atoms in total. The van der Waals surface area contributed by atoms with E-state index < -0.39 is 0 Å². The fraction of sp³-hybridized carbons (Fsp3) is 0.600. The molecule has 0 rings (SSSR count). The lowest BCUT2D eigenvalue weighted by Gasteiger charge is -1.88. The van der Waals surface area contributed by atoms with Crippen LogP contribution in [0.4, 0.5) is 0 Å². The highest BCUT2D eigenvalue weighted by Crippen LogP contribution is 1.93. The minimum absolute atomic E-state index is 0. The third-order valence-electron chi connectivity index (χ3n) is 0.692. The minimum atomic E-state index is 0. The summed E-state index contributed by atoms with van der Waals surface area (Å²) >= 11 is 0. The van der Waals surface area contributed by atoms with Crippen molar-refractivity contribution in [1.29, 1.82) is 10.7 Å². The third-order valence-corrected chi connectivity index (χ3v) is 0.692. The zero-order valence-corrected chi connectivity index (χ0v) is 5.53. The molecule has 0 radical (unpaired) electrons. The molecule has 0 fully saturated rings. The SMILES string of the molecule is C[C@@H](C#N)CC=N.Cl. The van der Waals surface area contributed by atoms with Crippen LogP contribution in [0.2, 0.25) is 0 Å². The number of rotatable bonds is 2. The van der Waals surface area contributed by atoms with E-state index in [4.69, 9.17) is 10.7 Å². The van der Waals surface area contributed by atoms with Crippen molar-refractivity contribution in [2.75, 3.05) is 0 Å².